The lowest BCUT2D eigenvalue weighted by Crippen LogP contribution is -2.09. The van der Waals surface area contributed by atoms with Gasteiger partial charge in [0.1, 0.15) is 0 Å². The molecule has 1 aromatic heterocycles. The van der Waals surface area contributed by atoms with E-state index >= 15 is 0 Å². The smallest absolute Gasteiger partial charge is 0.272 e. The monoisotopic (exact) mass is 329 g/mol. The van der Waals surface area contributed by atoms with E-state index < -0.39 is 0 Å². The number of hydrogen-bond donors (Lipinski definition) is 2. The lowest BCUT2D eigenvalue weighted by atomic mass is 10.2. The number of hydrogen-bond acceptors (Lipinski definition) is 4. The topological polar surface area (TPSA) is 81.0 Å². The lowest BCUT2D eigenvalue weighted by Gasteiger charge is -2.01. The molecular formula is C19H27N3O2. The number of benzene rings is 1. The van der Waals surface area contributed by atoms with Crippen LogP contribution in [0.2, 0.25) is 0 Å². The number of aromatic amines is 1. The first kappa shape index (κ1) is 21.3. The van der Waals surface area contributed by atoms with Crippen LogP contribution in [0.1, 0.15) is 20.8 Å². The summed E-state index contributed by atoms with van der Waals surface area (Å²) in [5.74, 6) is 0.440. The highest BCUT2D eigenvalue weighted by Gasteiger charge is 2.03. The van der Waals surface area contributed by atoms with Gasteiger partial charge in [-0.05, 0) is 40.0 Å². The summed E-state index contributed by atoms with van der Waals surface area (Å²) in [5.41, 5.74) is 6.70. The molecule has 1 heterocycles. The summed E-state index contributed by atoms with van der Waals surface area (Å²) >= 11 is 0. The molecule has 0 fully saturated rings. The Labute approximate surface area is 143 Å². The van der Waals surface area contributed by atoms with Crippen molar-refractivity contribution < 1.29 is 4.74 Å². The Hall–Kier alpha value is -2.66. The van der Waals surface area contributed by atoms with Gasteiger partial charge in [0.15, 0.2) is 0 Å². The summed E-state index contributed by atoms with van der Waals surface area (Å²) in [6, 6.07) is 7.18. The molecule has 2 aromatic rings. The summed E-state index contributed by atoms with van der Waals surface area (Å²) in [4.78, 5) is 11.3. The van der Waals surface area contributed by atoms with E-state index in [9.17, 15) is 4.79 Å². The zero-order chi connectivity index (χ0) is 18.5. The fourth-order valence-corrected chi connectivity index (χ4v) is 1.65. The Balaban J connectivity index is 0.000000426. The van der Waals surface area contributed by atoms with Gasteiger partial charge in [0.25, 0.3) is 5.56 Å². The third kappa shape index (κ3) is 7.56. The SMILES string of the molecule is C=C(C)/C=C\C=C(C)C.CN.COc1n[nH]c(=O)c2ccccc12. The predicted molar refractivity (Wildman–Crippen MR) is 102 cm³/mol. The van der Waals surface area contributed by atoms with Crippen LogP contribution in [0.5, 0.6) is 5.88 Å². The molecule has 0 saturated heterocycles. The van der Waals surface area contributed by atoms with Crippen molar-refractivity contribution in [2.75, 3.05) is 14.2 Å². The van der Waals surface area contributed by atoms with Crippen molar-refractivity contribution in [3.63, 3.8) is 0 Å². The largest absolute Gasteiger partial charge is 0.480 e. The minimum atomic E-state index is -0.198. The molecule has 3 N–H and O–H groups in total. The Morgan fingerprint density at radius 1 is 1.21 bits per heavy atom. The molecule has 24 heavy (non-hydrogen) atoms. The number of rotatable bonds is 3. The van der Waals surface area contributed by atoms with Gasteiger partial charge >= 0.3 is 0 Å². The minimum absolute atomic E-state index is 0.198. The molecule has 0 aliphatic carbocycles. The fraction of sp³-hybridized carbons (Fsp3) is 0.263. The molecular weight excluding hydrogens is 302 g/mol. The van der Waals surface area contributed by atoms with Crippen LogP contribution in [-0.4, -0.2) is 24.4 Å². The van der Waals surface area contributed by atoms with Gasteiger partial charge in [-0.3, -0.25) is 4.79 Å². The predicted octanol–water partition coefficient (Wildman–Crippen LogP) is 3.59. The Morgan fingerprint density at radius 3 is 2.29 bits per heavy atom. The normalized spacial score (nSPS) is 9.42. The Bertz CT molecular complexity index is 755. The van der Waals surface area contributed by atoms with Crippen molar-refractivity contribution in [1.82, 2.24) is 10.2 Å². The molecule has 0 spiro atoms. The number of H-pyrrole nitrogens is 1. The van der Waals surface area contributed by atoms with Crippen LogP contribution in [0.25, 0.3) is 10.8 Å². The van der Waals surface area contributed by atoms with Crippen LogP contribution in [0.3, 0.4) is 0 Å². The van der Waals surface area contributed by atoms with Gasteiger partial charge in [0, 0.05) is 0 Å². The van der Waals surface area contributed by atoms with Crippen LogP contribution in [0, 0.1) is 0 Å². The average molecular weight is 329 g/mol. The van der Waals surface area contributed by atoms with Crippen molar-refractivity contribution in [3.05, 3.63) is 70.6 Å². The molecule has 0 amide bonds. The molecule has 0 radical (unpaired) electrons. The summed E-state index contributed by atoms with van der Waals surface area (Å²) in [6.07, 6.45) is 6.07. The molecule has 0 aliphatic heterocycles. The number of nitrogens with zero attached hydrogens (tertiary/aromatic N) is 1. The van der Waals surface area contributed by atoms with Crippen molar-refractivity contribution in [3.8, 4) is 5.88 Å². The number of aromatic nitrogens is 2. The zero-order valence-electron chi connectivity index (χ0n) is 15.1. The van der Waals surface area contributed by atoms with Gasteiger partial charge in [0.05, 0.1) is 17.9 Å². The van der Waals surface area contributed by atoms with Gasteiger partial charge in [-0.2, -0.15) is 0 Å². The molecule has 0 unspecified atom stereocenters. The van der Waals surface area contributed by atoms with Gasteiger partial charge in [0.2, 0.25) is 5.88 Å². The maximum Gasteiger partial charge on any atom is 0.272 e. The zero-order valence-corrected chi connectivity index (χ0v) is 15.1. The Kier molecular flexibility index (Phi) is 10.5. The minimum Gasteiger partial charge on any atom is -0.480 e. The summed E-state index contributed by atoms with van der Waals surface area (Å²) in [5, 5.41) is 7.45. The molecule has 0 aliphatic rings. The molecule has 130 valence electrons. The lowest BCUT2D eigenvalue weighted by molar-refractivity contribution is 0.397. The van der Waals surface area contributed by atoms with Gasteiger partial charge in [-0.1, -0.05) is 48.1 Å². The molecule has 0 atom stereocenters. The highest BCUT2D eigenvalue weighted by Crippen LogP contribution is 2.17. The second kappa shape index (κ2) is 11.8. The second-order valence-electron chi connectivity index (χ2n) is 5.06. The van der Waals surface area contributed by atoms with Crippen LogP contribution in [0.4, 0.5) is 0 Å². The highest BCUT2D eigenvalue weighted by molar-refractivity contribution is 5.85. The number of allylic oxidation sites excluding steroid dienone is 5. The average Bonchev–Trinajstić information content (AvgIpc) is 2.57. The molecule has 1 aromatic carbocycles. The number of methoxy groups -OCH3 is 1. The van der Waals surface area contributed by atoms with E-state index in [0.29, 0.717) is 11.3 Å². The first-order valence-electron chi connectivity index (χ1n) is 7.52. The first-order valence-corrected chi connectivity index (χ1v) is 7.52. The van der Waals surface area contributed by atoms with E-state index in [1.807, 2.05) is 25.1 Å². The molecule has 5 nitrogen and oxygen atoms in total. The van der Waals surface area contributed by atoms with E-state index in [1.165, 1.54) is 19.7 Å². The van der Waals surface area contributed by atoms with Gasteiger partial charge in [-0.25, -0.2) is 5.10 Å². The van der Waals surface area contributed by atoms with Crippen molar-refractivity contribution >= 4 is 10.8 Å². The standard InChI is InChI=1S/C9H8N2O2.C9H14.CH5N/c1-13-9-7-5-3-2-4-6(7)8(12)10-11-9;1-8(2)6-5-7-9(3)4;1-2/h2-5H,1H3,(H,10,12);5-7H,1H2,2-4H3;2H2,1H3/b;6-5-;. The van der Waals surface area contributed by atoms with E-state index in [-0.39, 0.29) is 5.56 Å². The molecule has 5 heteroatoms. The summed E-state index contributed by atoms with van der Waals surface area (Å²) < 4.78 is 5.00. The van der Waals surface area contributed by atoms with Gasteiger partial charge in [-0.15, -0.1) is 5.10 Å². The van der Waals surface area contributed by atoms with Crippen LogP contribution in [0.15, 0.2) is 65.0 Å². The Morgan fingerprint density at radius 2 is 1.79 bits per heavy atom. The van der Waals surface area contributed by atoms with Crippen molar-refractivity contribution in [1.29, 1.82) is 0 Å². The van der Waals surface area contributed by atoms with Crippen molar-refractivity contribution in [2.24, 2.45) is 5.73 Å². The summed E-state index contributed by atoms with van der Waals surface area (Å²) in [7, 11) is 3.02. The summed E-state index contributed by atoms with van der Waals surface area (Å²) in [6.45, 7) is 9.86. The first-order chi connectivity index (χ1) is 11.5. The number of fused-ring (bicyclic) bond motifs is 1. The second-order valence-corrected chi connectivity index (χ2v) is 5.06. The van der Waals surface area contributed by atoms with E-state index in [2.05, 4.69) is 42.4 Å². The third-order valence-electron chi connectivity index (χ3n) is 2.66. The van der Waals surface area contributed by atoms with E-state index in [4.69, 9.17) is 4.74 Å². The van der Waals surface area contributed by atoms with Crippen molar-refractivity contribution in [2.45, 2.75) is 20.8 Å². The number of nitrogens with one attached hydrogen (secondary N) is 1. The fourth-order valence-electron chi connectivity index (χ4n) is 1.65. The van der Waals surface area contributed by atoms with E-state index in [1.54, 1.807) is 18.2 Å². The molecule has 0 saturated carbocycles. The highest BCUT2D eigenvalue weighted by atomic mass is 16.5. The molecule has 0 bridgehead atoms. The number of nitrogens with two attached hydrogens (primary N) is 1. The van der Waals surface area contributed by atoms with Gasteiger partial charge < -0.3 is 10.5 Å². The van der Waals surface area contributed by atoms with Crippen LogP contribution >= 0.6 is 0 Å². The maximum absolute atomic E-state index is 11.3. The third-order valence-corrected chi connectivity index (χ3v) is 2.66. The number of ether oxygens (including phenoxy) is 1. The van der Waals surface area contributed by atoms with E-state index in [0.717, 1.165) is 11.0 Å². The maximum atomic E-state index is 11.3. The van der Waals surface area contributed by atoms with Crippen LogP contribution < -0.4 is 16.0 Å². The quantitative estimate of drug-likeness (QED) is 0.843. The van der Waals surface area contributed by atoms with Crippen LogP contribution in [-0.2, 0) is 0 Å². The molecule has 2 rings (SSSR count).